The Kier molecular flexibility index (Phi) is 7.75. The van der Waals surface area contributed by atoms with E-state index in [0.29, 0.717) is 23.6 Å². The van der Waals surface area contributed by atoms with Gasteiger partial charge in [-0.25, -0.2) is 9.67 Å². The van der Waals surface area contributed by atoms with Crippen LogP contribution in [0.5, 0.6) is 5.75 Å². The van der Waals surface area contributed by atoms with E-state index >= 15 is 0 Å². The fourth-order valence-electron chi connectivity index (χ4n) is 3.53. The predicted octanol–water partition coefficient (Wildman–Crippen LogP) is 4.62. The van der Waals surface area contributed by atoms with Gasteiger partial charge in [0.1, 0.15) is 23.1 Å². The van der Waals surface area contributed by atoms with Crippen LogP contribution in [-0.2, 0) is 11.3 Å². The number of amides is 1. The first kappa shape index (κ1) is 24.0. The number of aryl methyl sites for hydroxylation is 1. The molecule has 0 aliphatic carbocycles. The second-order valence-corrected chi connectivity index (χ2v) is 8.50. The zero-order valence-corrected chi connectivity index (χ0v) is 20.6. The molecule has 0 atom stereocenters. The van der Waals surface area contributed by atoms with E-state index in [-0.39, 0.29) is 5.57 Å². The van der Waals surface area contributed by atoms with Gasteiger partial charge < -0.3 is 14.6 Å². The third kappa shape index (κ3) is 5.86. The molecule has 0 aliphatic rings. The average Bonchev–Trinajstić information content (AvgIpc) is 3.56. The second kappa shape index (κ2) is 11.3. The van der Waals surface area contributed by atoms with Gasteiger partial charge in [-0.05, 0) is 58.8 Å². The molecule has 4 rings (SSSR count). The Balaban J connectivity index is 1.62. The number of carbonyl (C=O) groups excluding carboxylic acids is 1. The van der Waals surface area contributed by atoms with Crippen molar-refractivity contribution in [1.82, 2.24) is 24.6 Å². The van der Waals surface area contributed by atoms with Crippen LogP contribution < -0.4 is 10.1 Å². The van der Waals surface area contributed by atoms with Crippen LogP contribution in [0.2, 0.25) is 0 Å². The maximum absolute atomic E-state index is 12.7. The van der Waals surface area contributed by atoms with Crippen molar-refractivity contribution in [3.05, 3.63) is 89.1 Å². The molecule has 0 radical (unpaired) electrons. The van der Waals surface area contributed by atoms with Gasteiger partial charge >= 0.3 is 0 Å². The highest BCUT2D eigenvalue weighted by atomic mass is 79.9. The van der Waals surface area contributed by atoms with Crippen molar-refractivity contribution < 1.29 is 9.53 Å². The minimum atomic E-state index is -0.424. The number of nitrogens with zero attached hydrogens (tertiary/aromatic N) is 5. The van der Waals surface area contributed by atoms with Gasteiger partial charge in [0.2, 0.25) is 0 Å². The Bertz CT molecular complexity index is 1370. The summed E-state index contributed by atoms with van der Waals surface area (Å²) in [7, 11) is 1.60. The number of halogens is 1. The summed E-state index contributed by atoms with van der Waals surface area (Å²) in [6, 6.07) is 17.3. The molecule has 35 heavy (non-hydrogen) atoms. The normalized spacial score (nSPS) is 11.2. The van der Waals surface area contributed by atoms with Crippen molar-refractivity contribution in [3.8, 4) is 28.8 Å². The second-order valence-electron chi connectivity index (χ2n) is 7.64. The summed E-state index contributed by atoms with van der Waals surface area (Å²) >= 11 is 3.52. The van der Waals surface area contributed by atoms with Crippen molar-refractivity contribution in [3.63, 3.8) is 0 Å². The number of benzene rings is 2. The zero-order chi connectivity index (χ0) is 24.6. The summed E-state index contributed by atoms with van der Waals surface area (Å²) in [4.78, 5) is 16.7. The third-order valence-electron chi connectivity index (χ3n) is 5.29. The maximum atomic E-state index is 12.7. The fourth-order valence-corrected chi connectivity index (χ4v) is 4.07. The highest BCUT2D eigenvalue weighted by Gasteiger charge is 2.16. The number of ether oxygens (including phenoxy) is 1. The van der Waals surface area contributed by atoms with Crippen LogP contribution in [0, 0.1) is 11.3 Å². The molecule has 2 aromatic heterocycles. The molecule has 0 spiro atoms. The molecule has 4 aromatic rings. The first-order valence-electron chi connectivity index (χ1n) is 10.9. The summed E-state index contributed by atoms with van der Waals surface area (Å²) in [5.74, 6) is 0.272. The van der Waals surface area contributed by atoms with E-state index in [0.717, 1.165) is 28.7 Å². The quantitative estimate of drug-likeness (QED) is 0.193. The summed E-state index contributed by atoms with van der Waals surface area (Å²) < 4.78 is 9.78. The lowest BCUT2D eigenvalue weighted by atomic mass is 10.1. The first-order valence-corrected chi connectivity index (χ1v) is 11.7. The first-order chi connectivity index (χ1) is 17.1. The summed E-state index contributed by atoms with van der Waals surface area (Å²) in [5.41, 5.74) is 2.98. The van der Waals surface area contributed by atoms with E-state index in [1.54, 1.807) is 30.4 Å². The van der Waals surface area contributed by atoms with Gasteiger partial charge in [0.05, 0.1) is 23.6 Å². The fraction of sp³-hybridized carbons (Fsp3) is 0.154. The van der Waals surface area contributed by atoms with E-state index in [2.05, 4.69) is 26.2 Å². The van der Waals surface area contributed by atoms with Gasteiger partial charge in [-0.15, -0.1) is 0 Å². The largest absolute Gasteiger partial charge is 0.496 e. The van der Waals surface area contributed by atoms with Gasteiger partial charge in [-0.1, -0.05) is 18.2 Å². The Morgan fingerprint density at radius 2 is 2.09 bits per heavy atom. The lowest BCUT2D eigenvalue weighted by Crippen LogP contribution is -2.26. The SMILES string of the molecule is COc1ccc(-c2nn(-c3ccccc3)cc2C=C(C#N)C(=O)NCCCn2ccnc2)cc1Br. The van der Waals surface area contributed by atoms with Crippen LogP contribution in [0.1, 0.15) is 12.0 Å². The number of aromatic nitrogens is 4. The minimum Gasteiger partial charge on any atom is -0.496 e. The van der Waals surface area contributed by atoms with E-state index in [1.807, 2.05) is 71.6 Å². The number of carbonyl (C=O) groups is 1. The number of para-hydroxylation sites is 1. The molecule has 1 N–H and O–H groups in total. The van der Waals surface area contributed by atoms with Crippen LogP contribution >= 0.6 is 15.9 Å². The number of imidazole rings is 1. The molecule has 8 nitrogen and oxygen atoms in total. The van der Waals surface area contributed by atoms with Crippen molar-refractivity contribution in [1.29, 1.82) is 5.26 Å². The van der Waals surface area contributed by atoms with Gasteiger partial charge in [0.25, 0.3) is 5.91 Å². The number of hydrogen-bond donors (Lipinski definition) is 1. The van der Waals surface area contributed by atoms with Crippen molar-refractivity contribution >= 4 is 27.9 Å². The molecular formula is C26H23BrN6O2. The van der Waals surface area contributed by atoms with Crippen molar-refractivity contribution in [2.45, 2.75) is 13.0 Å². The Morgan fingerprint density at radius 3 is 2.77 bits per heavy atom. The van der Waals surface area contributed by atoms with E-state index in [4.69, 9.17) is 9.84 Å². The van der Waals surface area contributed by atoms with Gasteiger partial charge in [0, 0.05) is 42.8 Å². The Hall–Kier alpha value is -4.16. The van der Waals surface area contributed by atoms with E-state index in [1.165, 1.54) is 0 Å². The monoisotopic (exact) mass is 530 g/mol. The van der Waals surface area contributed by atoms with E-state index < -0.39 is 5.91 Å². The van der Waals surface area contributed by atoms with Gasteiger partial charge in [0.15, 0.2) is 0 Å². The predicted molar refractivity (Wildman–Crippen MR) is 137 cm³/mol. The topological polar surface area (TPSA) is 97.8 Å². The number of methoxy groups -OCH3 is 1. The van der Waals surface area contributed by atoms with Gasteiger partial charge in [-0.2, -0.15) is 10.4 Å². The summed E-state index contributed by atoms with van der Waals surface area (Å²) in [5, 5.41) is 17.3. The third-order valence-corrected chi connectivity index (χ3v) is 5.91. The van der Waals surface area contributed by atoms with Crippen LogP contribution in [0.15, 0.2) is 83.5 Å². The Morgan fingerprint density at radius 1 is 1.26 bits per heavy atom. The molecule has 0 fully saturated rings. The highest BCUT2D eigenvalue weighted by Crippen LogP contribution is 2.32. The highest BCUT2D eigenvalue weighted by molar-refractivity contribution is 9.10. The zero-order valence-electron chi connectivity index (χ0n) is 19.1. The number of nitriles is 1. The molecule has 2 heterocycles. The maximum Gasteiger partial charge on any atom is 0.261 e. The van der Waals surface area contributed by atoms with E-state index in [9.17, 15) is 10.1 Å². The van der Waals surface area contributed by atoms with Gasteiger partial charge in [-0.3, -0.25) is 4.79 Å². The Labute approximate surface area is 211 Å². The lowest BCUT2D eigenvalue weighted by Gasteiger charge is -2.06. The van der Waals surface area contributed by atoms with Crippen LogP contribution in [-0.4, -0.2) is 38.9 Å². The molecule has 1 amide bonds. The van der Waals surface area contributed by atoms with Crippen LogP contribution in [0.25, 0.3) is 23.0 Å². The molecule has 9 heteroatoms. The number of rotatable bonds is 9. The van der Waals surface area contributed by atoms with Crippen molar-refractivity contribution in [2.75, 3.05) is 13.7 Å². The smallest absolute Gasteiger partial charge is 0.261 e. The van der Waals surface area contributed by atoms with Crippen LogP contribution in [0.4, 0.5) is 0 Å². The molecule has 0 unspecified atom stereocenters. The minimum absolute atomic E-state index is 0.00840. The molecule has 176 valence electrons. The molecule has 2 aromatic carbocycles. The standard InChI is InChI=1S/C26H23BrN6O2/c1-35-24-9-8-19(15-23(24)27)25-21(17-33(31-25)22-6-3-2-4-7-22)14-20(16-28)26(34)30-10-5-12-32-13-11-29-18-32/h2-4,6-9,11,13-15,17-18H,5,10,12H2,1H3,(H,30,34). The summed E-state index contributed by atoms with van der Waals surface area (Å²) in [6.07, 6.45) is 9.41. The molecule has 0 bridgehead atoms. The molecule has 0 saturated heterocycles. The van der Waals surface area contributed by atoms with Crippen LogP contribution in [0.3, 0.4) is 0 Å². The average molecular weight is 531 g/mol. The van der Waals surface area contributed by atoms with Crippen molar-refractivity contribution in [2.24, 2.45) is 0 Å². The lowest BCUT2D eigenvalue weighted by molar-refractivity contribution is -0.117. The number of hydrogen-bond acceptors (Lipinski definition) is 5. The number of nitrogens with one attached hydrogen (secondary N) is 1. The molecular weight excluding hydrogens is 508 g/mol. The molecule has 0 saturated carbocycles. The summed E-state index contributed by atoms with van der Waals surface area (Å²) in [6.45, 7) is 1.17. The molecule has 0 aliphatic heterocycles.